The van der Waals surface area contributed by atoms with Crippen molar-refractivity contribution in [1.29, 1.82) is 0 Å². The van der Waals surface area contributed by atoms with Crippen molar-refractivity contribution in [2.75, 3.05) is 37.8 Å². The van der Waals surface area contributed by atoms with Crippen LogP contribution >= 0.6 is 11.6 Å². The second kappa shape index (κ2) is 12.2. The highest BCUT2D eigenvalue weighted by Gasteiger charge is 2.36. The molecule has 5 rings (SSSR count). The summed E-state index contributed by atoms with van der Waals surface area (Å²) in [4.78, 5) is 27.2. The summed E-state index contributed by atoms with van der Waals surface area (Å²) in [6.07, 6.45) is 5.64. The lowest BCUT2D eigenvalue weighted by atomic mass is 9.82. The molecule has 8 heteroatoms. The summed E-state index contributed by atoms with van der Waals surface area (Å²) in [7, 11) is 0. The number of unbranched alkanes of at least 4 members (excludes halogenated alkanes) is 1. The molecule has 202 valence electrons. The molecule has 1 aliphatic carbocycles. The molecule has 38 heavy (non-hydrogen) atoms. The van der Waals surface area contributed by atoms with Crippen molar-refractivity contribution in [1.82, 2.24) is 0 Å². The third kappa shape index (κ3) is 6.00. The molecule has 0 radical (unpaired) electrons. The van der Waals surface area contributed by atoms with E-state index in [1.54, 1.807) is 18.2 Å². The maximum absolute atomic E-state index is 12.8. The Morgan fingerprint density at radius 1 is 1.08 bits per heavy atom. The normalized spacial score (nSPS) is 18.9. The molecular formula is C30H34ClNO6. The SMILES string of the molecule is CCCCOC(=O)C1CC(OCCOc2cc(N3CCCC3)ccc2-c2cc(=O)c3cccc(Cl)c3o2)C1. The van der Waals surface area contributed by atoms with Crippen molar-refractivity contribution in [3.05, 3.63) is 57.7 Å². The summed E-state index contributed by atoms with van der Waals surface area (Å²) in [5.74, 6) is 0.848. The molecule has 2 fully saturated rings. The molecule has 2 aliphatic rings. The molecule has 1 aliphatic heterocycles. The molecule has 2 aromatic carbocycles. The summed E-state index contributed by atoms with van der Waals surface area (Å²) in [6.45, 7) is 5.30. The highest BCUT2D eigenvalue weighted by Crippen LogP contribution is 2.37. The predicted molar refractivity (Wildman–Crippen MR) is 148 cm³/mol. The van der Waals surface area contributed by atoms with E-state index in [1.807, 2.05) is 18.2 Å². The lowest BCUT2D eigenvalue weighted by molar-refractivity contribution is -0.158. The first-order valence-corrected chi connectivity index (χ1v) is 13.9. The van der Waals surface area contributed by atoms with E-state index in [2.05, 4.69) is 11.8 Å². The number of carbonyl (C=O) groups excluding carboxylic acids is 1. The summed E-state index contributed by atoms with van der Waals surface area (Å²) in [5.41, 5.74) is 1.97. The minimum atomic E-state index is -0.158. The molecule has 0 bridgehead atoms. The number of ether oxygens (including phenoxy) is 3. The predicted octanol–water partition coefficient (Wildman–Crippen LogP) is 6.23. The summed E-state index contributed by atoms with van der Waals surface area (Å²) < 4.78 is 23.5. The van der Waals surface area contributed by atoms with Gasteiger partial charge in [0.05, 0.1) is 41.2 Å². The van der Waals surface area contributed by atoms with Gasteiger partial charge in [-0.05, 0) is 56.4 Å². The molecule has 0 spiro atoms. The minimum Gasteiger partial charge on any atom is -0.490 e. The molecule has 1 aromatic heterocycles. The first kappa shape index (κ1) is 26.6. The van der Waals surface area contributed by atoms with Crippen molar-refractivity contribution in [3.63, 3.8) is 0 Å². The molecule has 0 N–H and O–H groups in total. The molecule has 7 nitrogen and oxygen atoms in total. The number of para-hydroxylation sites is 1. The summed E-state index contributed by atoms with van der Waals surface area (Å²) in [5, 5.41) is 0.831. The van der Waals surface area contributed by atoms with E-state index < -0.39 is 0 Å². The van der Waals surface area contributed by atoms with Crippen molar-refractivity contribution < 1.29 is 23.4 Å². The van der Waals surface area contributed by atoms with Gasteiger partial charge in [0, 0.05) is 30.9 Å². The van der Waals surface area contributed by atoms with E-state index in [4.69, 9.17) is 30.2 Å². The standard InChI is InChI=1S/C30H34ClNO6/c1-2-3-13-37-30(34)20-16-22(17-20)35-14-15-36-27-18-21(32-11-4-5-12-32)9-10-24(27)28-19-26(33)23-7-6-8-25(31)29(23)38-28/h6-10,18-20,22H,2-5,11-17H2,1H3. The van der Waals surface area contributed by atoms with Crippen molar-refractivity contribution >= 4 is 34.2 Å². The van der Waals surface area contributed by atoms with Crippen LogP contribution in [0, 0.1) is 5.92 Å². The smallest absolute Gasteiger partial charge is 0.309 e. The monoisotopic (exact) mass is 539 g/mol. The average molecular weight is 540 g/mol. The largest absolute Gasteiger partial charge is 0.490 e. The Morgan fingerprint density at radius 2 is 1.89 bits per heavy atom. The Labute approximate surface area is 227 Å². The quantitative estimate of drug-likeness (QED) is 0.211. The number of hydrogen-bond donors (Lipinski definition) is 0. The number of anilines is 1. The van der Waals surface area contributed by atoms with Gasteiger partial charge in [0.2, 0.25) is 0 Å². The lowest BCUT2D eigenvalue weighted by Crippen LogP contribution is -2.38. The van der Waals surface area contributed by atoms with Gasteiger partial charge >= 0.3 is 5.97 Å². The summed E-state index contributed by atoms with van der Waals surface area (Å²) >= 11 is 6.34. The third-order valence-electron chi connectivity index (χ3n) is 7.27. The van der Waals surface area contributed by atoms with Crippen LogP contribution in [0.5, 0.6) is 5.75 Å². The molecule has 1 saturated heterocycles. The van der Waals surface area contributed by atoms with Crippen LogP contribution in [0.15, 0.2) is 51.7 Å². The first-order chi connectivity index (χ1) is 18.5. The van der Waals surface area contributed by atoms with Crippen LogP contribution in [-0.2, 0) is 14.3 Å². The van der Waals surface area contributed by atoms with E-state index in [1.165, 1.54) is 18.9 Å². The van der Waals surface area contributed by atoms with E-state index >= 15 is 0 Å². The highest BCUT2D eigenvalue weighted by molar-refractivity contribution is 6.34. The molecule has 0 amide bonds. The molecule has 3 aromatic rings. The molecule has 0 atom stereocenters. The number of carbonyl (C=O) groups is 1. The molecule has 2 heterocycles. The zero-order valence-corrected chi connectivity index (χ0v) is 22.5. The van der Waals surface area contributed by atoms with Gasteiger partial charge in [0.15, 0.2) is 11.0 Å². The fourth-order valence-corrected chi connectivity index (χ4v) is 5.19. The maximum Gasteiger partial charge on any atom is 0.309 e. The Kier molecular flexibility index (Phi) is 8.55. The maximum atomic E-state index is 12.8. The van der Waals surface area contributed by atoms with Crippen molar-refractivity contribution in [2.24, 2.45) is 5.92 Å². The van der Waals surface area contributed by atoms with E-state index in [0.29, 0.717) is 65.7 Å². The van der Waals surface area contributed by atoms with Crippen molar-refractivity contribution in [2.45, 2.75) is 51.6 Å². The van der Waals surface area contributed by atoms with E-state index in [-0.39, 0.29) is 23.4 Å². The first-order valence-electron chi connectivity index (χ1n) is 13.6. The number of benzene rings is 2. The zero-order chi connectivity index (χ0) is 26.5. The second-order valence-corrected chi connectivity index (χ2v) is 10.4. The van der Waals surface area contributed by atoms with Gasteiger partial charge in [-0.2, -0.15) is 0 Å². The van der Waals surface area contributed by atoms with Gasteiger partial charge in [-0.3, -0.25) is 9.59 Å². The number of rotatable bonds is 11. The Balaban J connectivity index is 1.26. The Bertz CT molecular complexity index is 1330. The topological polar surface area (TPSA) is 78.2 Å². The number of halogens is 1. The van der Waals surface area contributed by atoms with Gasteiger partial charge < -0.3 is 23.5 Å². The molecule has 0 unspecified atom stereocenters. The zero-order valence-electron chi connectivity index (χ0n) is 21.7. The Hall–Kier alpha value is -3.03. The fourth-order valence-electron chi connectivity index (χ4n) is 4.98. The van der Waals surface area contributed by atoms with Gasteiger partial charge in [-0.15, -0.1) is 0 Å². The number of esters is 1. The number of nitrogens with zero attached hydrogens (tertiary/aromatic N) is 1. The van der Waals surface area contributed by atoms with Crippen LogP contribution in [-0.4, -0.2) is 45.0 Å². The van der Waals surface area contributed by atoms with E-state index in [9.17, 15) is 9.59 Å². The average Bonchev–Trinajstić information content (AvgIpc) is 3.43. The third-order valence-corrected chi connectivity index (χ3v) is 7.57. The van der Waals surface area contributed by atoms with Gasteiger partial charge in [0.25, 0.3) is 0 Å². The summed E-state index contributed by atoms with van der Waals surface area (Å²) in [6, 6.07) is 12.6. The number of hydrogen-bond acceptors (Lipinski definition) is 7. The molecule has 1 saturated carbocycles. The second-order valence-electron chi connectivity index (χ2n) is 10.00. The Morgan fingerprint density at radius 3 is 2.68 bits per heavy atom. The van der Waals surface area contributed by atoms with Crippen LogP contribution < -0.4 is 15.1 Å². The van der Waals surface area contributed by atoms with Gasteiger partial charge in [-0.1, -0.05) is 31.0 Å². The van der Waals surface area contributed by atoms with Gasteiger partial charge in [0.1, 0.15) is 18.1 Å². The van der Waals surface area contributed by atoms with Crippen LogP contribution in [0.1, 0.15) is 45.4 Å². The minimum absolute atomic E-state index is 0.0402. The highest BCUT2D eigenvalue weighted by atomic mass is 35.5. The van der Waals surface area contributed by atoms with Crippen LogP contribution in [0.2, 0.25) is 5.02 Å². The van der Waals surface area contributed by atoms with Crippen LogP contribution in [0.3, 0.4) is 0 Å². The van der Waals surface area contributed by atoms with Crippen molar-refractivity contribution in [3.8, 4) is 17.1 Å². The fraction of sp³-hybridized carbons (Fsp3) is 0.467. The number of fused-ring (bicyclic) bond motifs is 1. The molecular weight excluding hydrogens is 506 g/mol. The van der Waals surface area contributed by atoms with Gasteiger partial charge in [-0.25, -0.2) is 0 Å². The lowest BCUT2D eigenvalue weighted by Gasteiger charge is -2.33. The van der Waals surface area contributed by atoms with E-state index in [0.717, 1.165) is 31.6 Å². The van der Waals surface area contributed by atoms with Crippen LogP contribution in [0.4, 0.5) is 5.69 Å². The van der Waals surface area contributed by atoms with Crippen LogP contribution in [0.25, 0.3) is 22.3 Å².